The van der Waals surface area contributed by atoms with Gasteiger partial charge in [-0.25, -0.2) is 9.37 Å². The second-order valence-electron chi connectivity index (χ2n) is 4.72. The van der Waals surface area contributed by atoms with Crippen molar-refractivity contribution in [3.8, 4) is 11.3 Å². The number of rotatable bonds is 3. The van der Waals surface area contributed by atoms with Crippen LogP contribution in [0.4, 0.5) is 4.39 Å². The predicted molar refractivity (Wildman–Crippen MR) is 68.7 cm³/mol. The number of nitrogens with zero attached hydrogens (tertiary/aromatic N) is 1. The summed E-state index contributed by atoms with van der Waals surface area (Å²) in [5, 5.41) is 3.43. The van der Waals surface area contributed by atoms with E-state index >= 15 is 0 Å². The molecule has 0 spiro atoms. The van der Waals surface area contributed by atoms with Crippen LogP contribution in [0.5, 0.6) is 0 Å². The Morgan fingerprint density at radius 3 is 3.00 bits per heavy atom. The van der Waals surface area contributed by atoms with Gasteiger partial charge in [0.15, 0.2) is 0 Å². The number of benzene rings is 1. The molecular weight excluding hydrogens is 229 g/mol. The first-order valence-electron chi connectivity index (χ1n) is 6.35. The lowest BCUT2D eigenvalue weighted by Crippen LogP contribution is -2.24. The number of nitrogens with one attached hydrogen (secondary N) is 2. The maximum atomic E-state index is 13.6. The Bertz CT molecular complexity index is 529. The van der Waals surface area contributed by atoms with Crippen molar-refractivity contribution in [2.24, 2.45) is 0 Å². The quantitative estimate of drug-likeness (QED) is 0.872. The Balaban J connectivity index is 1.79. The van der Waals surface area contributed by atoms with Gasteiger partial charge in [-0.05, 0) is 31.5 Å². The molecule has 1 fully saturated rings. The van der Waals surface area contributed by atoms with Gasteiger partial charge in [0.2, 0.25) is 0 Å². The zero-order valence-electron chi connectivity index (χ0n) is 10.1. The maximum Gasteiger partial charge on any atom is 0.132 e. The molecule has 3 nitrogen and oxygen atoms in total. The van der Waals surface area contributed by atoms with Gasteiger partial charge in [-0.15, -0.1) is 0 Å². The van der Waals surface area contributed by atoms with E-state index in [0.717, 1.165) is 24.5 Å². The lowest BCUT2D eigenvalue weighted by Gasteiger charge is -2.06. The summed E-state index contributed by atoms with van der Waals surface area (Å²) in [6.07, 6.45) is 5.01. The Hall–Kier alpha value is -1.68. The number of H-pyrrole nitrogens is 1. The molecule has 1 unspecified atom stereocenters. The van der Waals surface area contributed by atoms with E-state index in [0.29, 0.717) is 11.6 Å². The largest absolute Gasteiger partial charge is 0.342 e. The topological polar surface area (TPSA) is 40.7 Å². The van der Waals surface area contributed by atoms with Gasteiger partial charge >= 0.3 is 0 Å². The van der Waals surface area contributed by atoms with Gasteiger partial charge in [0, 0.05) is 18.0 Å². The van der Waals surface area contributed by atoms with Crippen molar-refractivity contribution in [2.45, 2.75) is 25.3 Å². The molecule has 0 amide bonds. The molecule has 2 aromatic rings. The van der Waals surface area contributed by atoms with Crippen LogP contribution in [-0.4, -0.2) is 22.6 Å². The summed E-state index contributed by atoms with van der Waals surface area (Å²) in [5.74, 6) is 0.708. The van der Waals surface area contributed by atoms with Gasteiger partial charge in [0.25, 0.3) is 0 Å². The minimum Gasteiger partial charge on any atom is -0.342 e. The lowest BCUT2D eigenvalue weighted by molar-refractivity contribution is 0.588. The highest BCUT2D eigenvalue weighted by atomic mass is 19.1. The molecule has 1 saturated heterocycles. The molecular formula is C14H16FN3. The summed E-state index contributed by atoms with van der Waals surface area (Å²) in [6, 6.07) is 7.26. The smallest absolute Gasteiger partial charge is 0.132 e. The molecule has 1 aromatic carbocycles. The van der Waals surface area contributed by atoms with Gasteiger partial charge in [-0.2, -0.15) is 0 Å². The molecule has 0 bridgehead atoms. The number of imidazole rings is 1. The van der Waals surface area contributed by atoms with E-state index < -0.39 is 0 Å². The van der Waals surface area contributed by atoms with Crippen LogP contribution in [0.25, 0.3) is 11.3 Å². The third kappa shape index (κ3) is 2.29. The van der Waals surface area contributed by atoms with Gasteiger partial charge in [0.05, 0.1) is 11.9 Å². The minimum atomic E-state index is -0.216. The monoisotopic (exact) mass is 245 g/mol. The van der Waals surface area contributed by atoms with Crippen LogP contribution < -0.4 is 5.32 Å². The summed E-state index contributed by atoms with van der Waals surface area (Å²) in [5.41, 5.74) is 1.33. The molecule has 3 rings (SSSR count). The number of halogens is 1. The van der Waals surface area contributed by atoms with Crippen LogP contribution in [0.1, 0.15) is 18.7 Å². The Morgan fingerprint density at radius 2 is 2.22 bits per heavy atom. The summed E-state index contributed by atoms with van der Waals surface area (Å²) in [6.45, 7) is 1.09. The molecule has 18 heavy (non-hydrogen) atoms. The van der Waals surface area contributed by atoms with E-state index in [1.807, 2.05) is 6.07 Å². The van der Waals surface area contributed by atoms with Crippen LogP contribution in [-0.2, 0) is 6.42 Å². The van der Waals surface area contributed by atoms with E-state index in [2.05, 4.69) is 15.3 Å². The average molecular weight is 245 g/mol. The normalized spacial score (nSPS) is 19.3. The molecule has 2 heterocycles. The van der Waals surface area contributed by atoms with Crippen molar-refractivity contribution in [1.29, 1.82) is 0 Å². The Kier molecular flexibility index (Phi) is 3.11. The van der Waals surface area contributed by atoms with Crippen molar-refractivity contribution in [2.75, 3.05) is 6.54 Å². The second-order valence-corrected chi connectivity index (χ2v) is 4.72. The van der Waals surface area contributed by atoms with Crippen molar-refractivity contribution in [3.05, 3.63) is 42.1 Å². The molecule has 0 aliphatic carbocycles. The maximum absolute atomic E-state index is 13.6. The zero-order valence-corrected chi connectivity index (χ0v) is 10.1. The van der Waals surface area contributed by atoms with E-state index in [-0.39, 0.29) is 5.82 Å². The first-order valence-corrected chi connectivity index (χ1v) is 6.35. The van der Waals surface area contributed by atoms with Crippen LogP contribution in [0.3, 0.4) is 0 Å². The van der Waals surface area contributed by atoms with Crippen molar-refractivity contribution in [1.82, 2.24) is 15.3 Å². The molecule has 0 saturated carbocycles. The zero-order chi connectivity index (χ0) is 12.4. The van der Waals surface area contributed by atoms with Crippen molar-refractivity contribution >= 4 is 0 Å². The highest BCUT2D eigenvalue weighted by Crippen LogP contribution is 2.21. The molecule has 94 valence electrons. The highest BCUT2D eigenvalue weighted by Gasteiger charge is 2.16. The predicted octanol–water partition coefficient (Wildman–Crippen LogP) is 2.51. The fourth-order valence-corrected chi connectivity index (χ4v) is 2.45. The minimum absolute atomic E-state index is 0.216. The highest BCUT2D eigenvalue weighted by molar-refractivity contribution is 5.59. The molecule has 4 heteroatoms. The molecule has 1 aliphatic heterocycles. The van der Waals surface area contributed by atoms with Gasteiger partial charge in [0.1, 0.15) is 11.6 Å². The summed E-state index contributed by atoms with van der Waals surface area (Å²) in [4.78, 5) is 7.54. The Morgan fingerprint density at radius 1 is 1.33 bits per heavy atom. The third-order valence-electron chi connectivity index (χ3n) is 3.39. The summed E-state index contributed by atoms with van der Waals surface area (Å²) < 4.78 is 13.6. The van der Waals surface area contributed by atoms with Crippen molar-refractivity contribution in [3.63, 3.8) is 0 Å². The van der Waals surface area contributed by atoms with E-state index in [1.165, 1.54) is 18.9 Å². The number of aromatic amines is 1. The van der Waals surface area contributed by atoms with E-state index in [9.17, 15) is 4.39 Å². The van der Waals surface area contributed by atoms with Crippen LogP contribution in [0.15, 0.2) is 30.5 Å². The van der Waals surface area contributed by atoms with Crippen LogP contribution >= 0.6 is 0 Å². The van der Waals surface area contributed by atoms with Crippen LogP contribution in [0.2, 0.25) is 0 Å². The average Bonchev–Trinajstić information content (AvgIpc) is 3.02. The summed E-state index contributed by atoms with van der Waals surface area (Å²) >= 11 is 0. The molecule has 2 N–H and O–H groups in total. The third-order valence-corrected chi connectivity index (χ3v) is 3.39. The molecule has 1 aromatic heterocycles. The van der Waals surface area contributed by atoms with Crippen LogP contribution in [0, 0.1) is 5.82 Å². The number of hydrogen-bond acceptors (Lipinski definition) is 2. The Labute approximate surface area is 105 Å². The molecule has 0 radical (unpaired) electrons. The van der Waals surface area contributed by atoms with Crippen molar-refractivity contribution < 1.29 is 4.39 Å². The SMILES string of the molecule is Fc1ccccc1-c1cnc(CC2CCCN2)[nH]1. The first-order chi connectivity index (χ1) is 8.83. The van der Waals surface area contributed by atoms with E-state index in [1.54, 1.807) is 18.3 Å². The summed E-state index contributed by atoms with van der Waals surface area (Å²) in [7, 11) is 0. The van der Waals surface area contributed by atoms with Gasteiger partial charge in [-0.1, -0.05) is 12.1 Å². The number of aromatic nitrogens is 2. The number of hydrogen-bond donors (Lipinski definition) is 2. The van der Waals surface area contributed by atoms with E-state index in [4.69, 9.17) is 0 Å². The van der Waals surface area contributed by atoms with Gasteiger partial charge < -0.3 is 10.3 Å². The first kappa shape index (κ1) is 11.4. The fourth-order valence-electron chi connectivity index (χ4n) is 2.45. The standard InChI is InChI=1S/C14H16FN3/c15-12-6-2-1-5-11(12)13-9-17-14(18-13)8-10-4-3-7-16-10/h1-2,5-6,9-10,16H,3-4,7-8H2,(H,17,18). The molecule has 1 atom stereocenters. The molecule has 1 aliphatic rings. The van der Waals surface area contributed by atoms with Gasteiger partial charge in [-0.3, -0.25) is 0 Å². The second kappa shape index (κ2) is 4.90. The fraction of sp³-hybridized carbons (Fsp3) is 0.357. The lowest BCUT2D eigenvalue weighted by atomic mass is 10.1.